The van der Waals surface area contributed by atoms with Crippen LogP contribution in [0.5, 0.6) is 0 Å². The number of nitrogens with zero attached hydrogens (tertiary/aromatic N) is 3. The Morgan fingerprint density at radius 2 is 1.97 bits per heavy atom. The van der Waals surface area contributed by atoms with Crippen molar-refractivity contribution in [2.45, 2.75) is 52.5 Å². The first kappa shape index (κ1) is 25.5. The Bertz CT molecular complexity index is 711. The molecule has 0 aromatic carbocycles. The van der Waals surface area contributed by atoms with Gasteiger partial charge in [-0.3, -0.25) is 14.6 Å². The number of carbonyl (C=O) groups excluding carboxylic acids is 1. The molecule has 0 spiro atoms. The Kier molecular flexibility index (Phi) is 11.9. The first-order valence-electron chi connectivity index (χ1n) is 10.5. The maximum absolute atomic E-state index is 11.9. The van der Waals surface area contributed by atoms with Crippen molar-refractivity contribution in [2.24, 2.45) is 10.9 Å². The molecule has 29 heavy (non-hydrogen) atoms. The number of likely N-dealkylation sites (tertiary alicyclic amines) is 1. The van der Waals surface area contributed by atoms with Gasteiger partial charge in [-0.15, -0.1) is 24.0 Å². The number of aromatic nitrogens is 1. The average Bonchev–Trinajstić information content (AvgIpc) is 2.69. The van der Waals surface area contributed by atoms with Crippen LogP contribution in [0.3, 0.4) is 0 Å². The van der Waals surface area contributed by atoms with Gasteiger partial charge in [-0.2, -0.15) is 0 Å². The van der Waals surface area contributed by atoms with E-state index in [0.29, 0.717) is 12.3 Å². The lowest BCUT2D eigenvalue weighted by molar-refractivity contribution is -0.121. The van der Waals surface area contributed by atoms with E-state index in [0.717, 1.165) is 70.1 Å². The predicted octanol–water partition coefficient (Wildman–Crippen LogP) is 2.37. The van der Waals surface area contributed by atoms with E-state index >= 15 is 0 Å². The summed E-state index contributed by atoms with van der Waals surface area (Å²) in [6.07, 6.45) is 4.54. The summed E-state index contributed by atoms with van der Waals surface area (Å²) >= 11 is 0. The number of rotatable bonds is 8. The largest absolute Gasteiger partial charge is 0.359 e. The smallest absolute Gasteiger partial charge is 0.250 e. The molecule has 1 amide bonds. The van der Waals surface area contributed by atoms with Crippen molar-refractivity contribution >= 4 is 35.8 Å². The van der Waals surface area contributed by atoms with Crippen LogP contribution in [0.1, 0.15) is 44.7 Å². The number of carbonyl (C=O) groups is 1. The van der Waals surface area contributed by atoms with Gasteiger partial charge in [0.25, 0.3) is 5.56 Å². The SMILES string of the molecule is CCNC(=NCCCCn1c(C)cccc1=O)N1CCC(CC(=O)NC)CC1.I. The summed E-state index contributed by atoms with van der Waals surface area (Å²) in [6.45, 7) is 8.26. The number of pyridine rings is 1. The van der Waals surface area contributed by atoms with E-state index in [1.54, 1.807) is 19.2 Å². The van der Waals surface area contributed by atoms with Gasteiger partial charge in [-0.1, -0.05) is 6.07 Å². The summed E-state index contributed by atoms with van der Waals surface area (Å²) in [4.78, 5) is 30.6. The van der Waals surface area contributed by atoms with Crippen LogP contribution in [0.15, 0.2) is 28.0 Å². The Morgan fingerprint density at radius 1 is 1.24 bits per heavy atom. The number of hydrogen-bond donors (Lipinski definition) is 2. The summed E-state index contributed by atoms with van der Waals surface area (Å²) in [6, 6.07) is 5.39. The number of amides is 1. The van der Waals surface area contributed by atoms with Gasteiger partial charge in [0.05, 0.1) is 0 Å². The lowest BCUT2D eigenvalue weighted by Crippen LogP contribution is -2.46. The van der Waals surface area contributed by atoms with Crippen molar-refractivity contribution < 1.29 is 4.79 Å². The fourth-order valence-corrected chi connectivity index (χ4v) is 3.62. The first-order chi connectivity index (χ1) is 13.5. The first-order valence-corrected chi connectivity index (χ1v) is 10.5. The lowest BCUT2D eigenvalue weighted by Gasteiger charge is -2.34. The number of aryl methyl sites for hydroxylation is 1. The van der Waals surface area contributed by atoms with E-state index in [-0.39, 0.29) is 35.4 Å². The third-order valence-electron chi connectivity index (χ3n) is 5.32. The molecule has 1 aliphatic rings. The minimum Gasteiger partial charge on any atom is -0.359 e. The average molecular weight is 517 g/mol. The van der Waals surface area contributed by atoms with E-state index in [2.05, 4.69) is 22.5 Å². The number of halogens is 1. The van der Waals surface area contributed by atoms with Crippen LogP contribution in [0.25, 0.3) is 0 Å². The maximum atomic E-state index is 11.9. The highest BCUT2D eigenvalue weighted by atomic mass is 127. The molecule has 1 saturated heterocycles. The number of unbranched alkanes of at least 4 members (excludes halogenated alkanes) is 1. The molecule has 1 aliphatic heterocycles. The zero-order valence-corrected chi connectivity index (χ0v) is 20.3. The standard InChI is InChI=1S/C21H35N5O2.HI/c1-4-23-21(25-14-10-18(11-15-25)16-19(27)22-3)24-12-5-6-13-26-17(2)8-7-9-20(26)28;/h7-9,18H,4-6,10-16H2,1-3H3,(H,22,27)(H,23,24);1H. The van der Waals surface area contributed by atoms with E-state index in [1.807, 2.05) is 17.6 Å². The normalized spacial score (nSPS) is 15.0. The minimum atomic E-state index is 0. The topological polar surface area (TPSA) is 78.7 Å². The Morgan fingerprint density at radius 3 is 2.59 bits per heavy atom. The van der Waals surface area contributed by atoms with Crippen LogP contribution in [-0.4, -0.2) is 54.6 Å². The third kappa shape index (κ3) is 8.36. The number of aliphatic imine (C=N–C) groups is 1. The third-order valence-corrected chi connectivity index (χ3v) is 5.32. The Labute approximate surface area is 191 Å². The molecule has 1 aromatic heterocycles. The molecule has 2 heterocycles. The molecule has 0 saturated carbocycles. The molecule has 0 atom stereocenters. The van der Waals surface area contributed by atoms with Crippen molar-refractivity contribution in [2.75, 3.05) is 33.2 Å². The molecule has 2 rings (SSSR count). The van der Waals surface area contributed by atoms with E-state index in [1.165, 1.54) is 0 Å². The van der Waals surface area contributed by atoms with Crippen molar-refractivity contribution in [1.82, 2.24) is 20.1 Å². The van der Waals surface area contributed by atoms with Crippen molar-refractivity contribution in [3.63, 3.8) is 0 Å². The van der Waals surface area contributed by atoms with Gasteiger partial charge in [0.2, 0.25) is 5.91 Å². The van der Waals surface area contributed by atoms with Crippen LogP contribution < -0.4 is 16.2 Å². The monoisotopic (exact) mass is 517 g/mol. The summed E-state index contributed by atoms with van der Waals surface area (Å²) in [5, 5.41) is 6.10. The number of guanidine groups is 1. The van der Waals surface area contributed by atoms with Crippen LogP contribution in [-0.2, 0) is 11.3 Å². The molecule has 0 bridgehead atoms. The fourth-order valence-electron chi connectivity index (χ4n) is 3.62. The molecular weight excluding hydrogens is 481 g/mol. The van der Waals surface area contributed by atoms with Gasteiger partial charge in [0.1, 0.15) is 0 Å². The molecule has 0 radical (unpaired) electrons. The highest BCUT2D eigenvalue weighted by molar-refractivity contribution is 14.0. The Balaban J connectivity index is 0.00000420. The zero-order valence-electron chi connectivity index (χ0n) is 17.9. The molecule has 0 aliphatic carbocycles. The second-order valence-corrected chi connectivity index (χ2v) is 7.41. The minimum absolute atomic E-state index is 0. The maximum Gasteiger partial charge on any atom is 0.250 e. The van der Waals surface area contributed by atoms with E-state index in [9.17, 15) is 9.59 Å². The van der Waals surface area contributed by atoms with Gasteiger partial charge in [-0.05, 0) is 51.5 Å². The molecular formula is C21H36IN5O2. The molecule has 7 nitrogen and oxygen atoms in total. The molecule has 2 N–H and O–H groups in total. The van der Waals surface area contributed by atoms with Gasteiger partial charge >= 0.3 is 0 Å². The highest BCUT2D eigenvalue weighted by Gasteiger charge is 2.22. The second kappa shape index (κ2) is 13.6. The molecule has 1 aromatic rings. The van der Waals surface area contributed by atoms with Gasteiger partial charge in [0, 0.05) is 58.0 Å². The van der Waals surface area contributed by atoms with Gasteiger partial charge in [0.15, 0.2) is 5.96 Å². The second-order valence-electron chi connectivity index (χ2n) is 7.41. The number of hydrogen-bond acceptors (Lipinski definition) is 3. The van der Waals surface area contributed by atoms with E-state index in [4.69, 9.17) is 4.99 Å². The van der Waals surface area contributed by atoms with Gasteiger partial charge < -0.3 is 20.1 Å². The van der Waals surface area contributed by atoms with Crippen LogP contribution in [0.4, 0.5) is 0 Å². The van der Waals surface area contributed by atoms with Crippen LogP contribution >= 0.6 is 24.0 Å². The van der Waals surface area contributed by atoms with Crippen molar-refractivity contribution in [3.05, 3.63) is 34.2 Å². The summed E-state index contributed by atoms with van der Waals surface area (Å²) in [5.74, 6) is 1.56. The quantitative estimate of drug-likeness (QED) is 0.240. The summed E-state index contributed by atoms with van der Waals surface area (Å²) in [7, 11) is 1.70. The highest BCUT2D eigenvalue weighted by Crippen LogP contribution is 2.20. The molecule has 164 valence electrons. The fraction of sp³-hybridized carbons (Fsp3) is 0.667. The summed E-state index contributed by atoms with van der Waals surface area (Å²) in [5.41, 5.74) is 1.07. The molecule has 1 fully saturated rings. The lowest BCUT2D eigenvalue weighted by atomic mass is 9.93. The zero-order chi connectivity index (χ0) is 20.4. The van der Waals surface area contributed by atoms with Crippen molar-refractivity contribution in [3.8, 4) is 0 Å². The molecule has 8 heteroatoms. The van der Waals surface area contributed by atoms with E-state index < -0.39 is 0 Å². The summed E-state index contributed by atoms with van der Waals surface area (Å²) < 4.78 is 1.83. The van der Waals surface area contributed by atoms with Gasteiger partial charge in [-0.25, -0.2) is 0 Å². The van der Waals surface area contributed by atoms with Crippen molar-refractivity contribution in [1.29, 1.82) is 0 Å². The van der Waals surface area contributed by atoms with Crippen LogP contribution in [0, 0.1) is 12.8 Å². The Hall–Kier alpha value is -1.58. The predicted molar refractivity (Wildman–Crippen MR) is 129 cm³/mol. The number of piperidine rings is 1. The molecule has 0 unspecified atom stereocenters. The van der Waals surface area contributed by atoms with Crippen LogP contribution in [0.2, 0.25) is 0 Å². The number of nitrogens with one attached hydrogen (secondary N) is 2.